The van der Waals surface area contributed by atoms with E-state index in [1.807, 2.05) is 6.07 Å². The lowest BCUT2D eigenvalue weighted by Gasteiger charge is -2.18. The van der Waals surface area contributed by atoms with Gasteiger partial charge in [0.1, 0.15) is 23.7 Å². The van der Waals surface area contributed by atoms with Gasteiger partial charge in [0.2, 0.25) is 0 Å². The highest BCUT2D eigenvalue weighted by molar-refractivity contribution is 5.76. The molecule has 1 fully saturated rings. The summed E-state index contributed by atoms with van der Waals surface area (Å²) in [6.45, 7) is 0. The Hall–Kier alpha value is -3.71. The predicted octanol–water partition coefficient (Wildman–Crippen LogP) is 2.89. The quantitative estimate of drug-likeness (QED) is 0.566. The summed E-state index contributed by atoms with van der Waals surface area (Å²) in [5.41, 5.74) is 7.12. The zero-order valence-electron chi connectivity index (χ0n) is 16.2. The van der Waals surface area contributed by atoms with E-state index in [1.165, 1.54) is 31.6 Å². The van der Waals surface area contributed by atoms with E-state index >= 15 is 0 Å². The van der Waals surface area contributed by atoms with Crippen LogP contribution in [0.25, 0.3) is 11.3 Å². The van der Waals surface area contributed by atoms with Gasteiger partial charge in [0.15, 0.2) is 23.1 Å². The third-order valence-corrected chi connectivity index (χ3v) is 4.87. The zero-order valence-corrected chi connectivity index (χ0v) is 16.2. The first-order valence-electron chi connectivity index (χ1n) is 9.41. The van der Waals surface area contributed by atoms with Gasteiger partial charge in [-0.2, -0.15) is 10.4 Å². The van der Waals surface area contributed by atoms with Crippen molar-refractivity contribution < 1.29 is 13.9 Å². The fourth-order valence-electron chi connectivity index (χ4n) is 3.42. The van der Waals surface area contributed by atoms with Crippen molar-refractivity contribution in [1.29, 1.82) is 5.26 Å². The number of methoxy groups -OCH3 is 1. The van der Waals surface area contributed by atoms with Crippen molar-refractivity contribution in [3.8, 4) is 28.8 Å². The summed E-state index contributed by atoms with van der Waals surface area (Å²) >= 11 is 0. The molecule has 154 valence electrons. The molecule has 2 atom stereocenters. The highest BCUT2D eigenvalue weighted by Crippen LogP contribution is 2.41. The fraction of sp³-hybridized carbons (Fsp3) is 0.300. The van der Waals surface area contributed by atoms with E-state index < -0.39 is 5.82 Å². The standard InChI is InChI=1S/C20H20FN7O2/c1-29-16-5-4-14(21)20(30-13-3-2-11(23)6-13)19(16)15-7-17(28-27-15)26-18-10-24-12(8-22)9-25-18/h4-5,7,9-11,13H,2-3,6,23H2,1H3,(H2,25,26,27,28)/t11-,13+/m0/s1. The third-order valence-electron chi connectivity index (χ3n) is 4.87. The van der Waals surface area contributed by atoms with E-state index in [-0.39, 0.29) is 23.6 Å². The average Bonchev–Trinajstić information content (AvgIpc) is 3.38. The van der Waals surface area contributed by atoms with Crippen LogP contribution < -0.4 is 20.5 Å². The van der Waals surface area contributed by atoms with Crippen LogP contribution >= 0.6 is 0 Å². The first kappa shape index (κ1) is 19.6. The summed E-state index contributed by atoms with van der Waals surface area (Å²) in [6, 6.07) is 6.50. The molecule has 0 spiro atoms. The van der Waals surface area contributed by atoms with Crippen molar-refractivity contribution in [3.05, 3.63) is 42.1 Å². The summed E-state index contributed by atoms with van der Waals surface area (Å²) in [6.07, 6.45) is 4.90. The second kappa shape index (κ2) is 8.34. The summed E-state index contributed by atoms with van der Waals surface area (Å²) in [5, 5.41) is 18.9. The zero-order chi connectivity index (χ0) is 21.1. The fourth-order valence-corrected chi connectivity index (χ4v) is 3.42. The number of nitrogens with one attached hydrogen (secondary N) is 2. The van der Waals surface area contributed by atoms with Crippen LogP contribution in [0.1, 0.15) is 25.0 Å². The highest BCUT2D eigenvalue weighted by Gasteiger charge is 2.27. The molecule has 1 saturated carbocycles. The van der Waals surface area contributed by atoms with Gasteiger partial charge in [-0.1, -0.05) is 0 Å². The maximum absolute atomic E-state index is 14.7. The molecule has 0 bridgehead atoms. The Bertz CT molecular complexity index is 1080. The molecule has 2 aromatic heterocycles. The number of nitrogens with two attached hydrogens (primary N) is 1. The number of hydrogen-bond donors (Lipinski definition) is 3. The van der Waals surface area contributed by atoms with Crippen molar-refractivity contribution in [1.82, 2.24) is 20.2 Å². The van der Waals surface area contributed by atoms with Gasteiger partial charge in [0.25, 0.3) is 0 Å². The van der Waals surface area contributed by atoms with E-state index in [4.69, 9.17) is 20.5 Å². The van der Waals surface area contributed by atoms with Crippen LogP contribution in [0.3, 0.4) is 0 Å². The van der Waals surface area contributed by atoms with Gasteiger partial charge in [-0.3, -0.25) is 5.10 Å². The van der Waals surface area contributed by atoms with Crippen molar-refractivity contribution in [2.45, 2.75) is 31.4 Å². The van der Waals surface area contributed by atoms with Crippen molar-refractivity contribution >= 4 is 11.6 Å². The number of H-pyrrole nitrogens is 1. The number of benzene rings is 1. The number of aromatic nitrogens is 4. The molecule has 3 aromatic rings. The Morgan fingerprint density at radius 1 is 1.27 bits per heavy atom. The van der Waals surface area contributed by atoms with Crippen molar-refractivity contribution in [2.75, 3.05) is 12.4 Å². The molecule has 10 heteroatoms. The molecule has 2 heterocycles. The third kappa shape index (κ3) is 4.01. The molecule has 4 N–H and O–H groups in total. The van der Waals surface area contributed by atoms with Crippen LogP contribution in [0.2, 0.25) is 0 Å². The molecule has 30 heavy (non-hydrogen) atoms. The maximum Gasteiger partial charge on any atom is 0.168 e. The van der Waals surface area contributed by atoms with Gasteiger partial charge in [0, 0.05) is 12.1 Å². The summed E-state index contributed by atoms with van der Waals surface area (Å²) < 4.78 is 26.2. The van der Waals surface area contributed by atoms with Gasteiger partial charge in [-0.05, 0) is 31.4 Å². The largest absolute Gasteiger partial charge is 0.496 e. The van der Waals surface area contributed by atoms with E-state index in [9.17, 15) is 4.39 Å². The van der Waals surface area contributed by atoms with Crippen LogP contribution in [0.4, 0.5) is 16.0 Å². The summed E-state index contributed by atoms with van der Waals surface area (Å²) in [5.74, 6) is 0.899. The van der Waals surface area contributed by atoms with Gasteiger partial charge < -0.3 is 20.5 Å². The topological polar surface area (TPSA) is 135 Å². The summed E-state index contributed by atoms with van der Waals surface area (Å²) in [7, 11) is 1.51. The molecule has 0 radical (unpaired) electrons. The number of nitrogens with zero attached hydrogens (tertiary/aromatic N) is 4. The number of hydrogen-bond acceptors (Lipinski definition) is 8. The first-order valence-corrected chi connectivity index (χ1v) is 9.41. The molecule has 1 aliphatic rings. The Morgan fingerprint density at radius 3 is 2.80 bits per heavy atom. The first-order chi connectivity index (χ1) is 14.6. The number of aromatic amines is 1. The number of nitriles is 1. The molecule has 4 rings (SSSR count). The average molecular weight is 409 g/mol. The Labute approximate surface area is 172 Å². The van der Waals surface area contributed by atoms with E-state index in [2.05, 4.69) is 25.5 Å². The normalized spacial score (nSPS) is 18.1. The number of halogens is 1. The monoisotopic (exact) mass is 409 g/mol. The Balaban J connectivity index is 1.64. The molecular weight excluding hydrogens is 389 g/mol. The molecular formula is C20H20FN7O2. The molecule has 0 amide bonds. The minimum Gasteiger partial charge on any atom is -0.496 e. The number of rotatable bonds is 6. The van der Waals surface area contributed by atoms with Crippen LogP contribution in [-0.4, -0.2) is 39.4 Å². The second-order valence-electron chi connectivity index (χ2n) is 6.96. The van der Waals surface area contributed by atoms with Crippen molar-refractivity contribution in [2.24, 2.45) is 5.73 Å². The lowest BCUT2D eigenvalue weighted by molar-refractivity contribution is 0.199. The maximum atomic E-state index is 14.7. The summed E-state index contributed by atoms with van der Waals surface area (Å²) in [4.78, 5) is 8.05. The second-order valence-corrected chi connectivity index (χ2v) is 6.96. The van der Waals surface area contributed by atoms with E-state index in [0.29, 0.717) is 35.1 Å². The highest BCUT2D eigenvalue weighted by atomic mass is 19.1. The van der Waals surface area contributed by atoms with Gasteiger partial charge in [-0.25, -0.2) is 14.4 Å². The lowest BCUT2D eigenvalue weighted by Crippen LogP contribution is -2.19. The smallest absolute Gasteiger partial charge is 0.168 e. The van der Waals surface area contributed by atoms with Crippen LogP contribution in [0.15, 0.2) is 30.6 Å². The van der Waals surface area contributed by atoms with Crippen LogP contribution in [-0.2, 0) is 0 Å². The molecule has 0 unspecified atom stereocenters. The minimum absolute atomic E-state index is 0.0589. The number of ether oxygens (including phenoxy) is 2. The van der Waals surface area contributed by atoms with Crippen molar-refractivity contribution in [3.63, 3.8) is 0 Å². The Kier molecular flexibility index (Phi) is 5.45. The molecule has 1 aliphatic carbocycles. The van der Waals surface area contributed by atoms with Gasteiger partial charge in [-0.15, -0.1) is 0 Å². The molecule has 0 aliphatic heterocycles. The van der Waals surface area contributed by atoms with Gasteiger partial charge in [0.05, 0.1) is 30.8 Å². The molecule has 9 nitrogen and oxygen atoms in total. The van der Waals surface area contributed by atoms with Crippen LogP contribution in [0, 0.1) is 17.1 Å². The Morgan fingerprint density at radius 2 is 2.13 bits per heavy atom. The minimum atomic E-state index is -0.492. The van der Waals surface area contributed by atoms with Gasteiger partial charge >= 0.3 is 0 Å². The molecule has 0 saturated heterocycles. The van der Waals surface area contributed by atoms with Crippen LogP contribution in [0.5, 0.6) is 11.5 Å². The SMILES string of the molecule is COc1ccc(F)c(O[C@@H]2CC[C@H](N)C2)c1-c1cc(Nc2cnc(C#N)cn2)n[nH]1. The van der Waals surface area contributed by atoms with E-state index in [1.54, 1.807) is 6.07 Å². The number of anilines is 2. The lowest BCUT2D eigenvalue weighted by atomic mass is 10.1. The molecule has 1 aromatic carbocycles. The predicted molar refractivity (Wildman–Crippen MR) is 107 cm³/mol. The van der Waals surface area contributed by atoms with E-state index in [0.717, 1.165) is 12.8 Å².